The van der Waals surface area contributed by atoms with Gasteiger partial charge >= 0.3 is 5.97 Å². The summed E-state index contributed by atoms with van der Waals surface area (Å²) in [7, 11) is 0. The Morgan fingerprint density at radius 2 is 1.48 bits per heavy atom. The van der Waals surface area contributed by atoms with Crippen LogP contribution in [0.5, 0.6) is 0 Å². The topological polar surface area (TPSA) is 141 Å². The van der Waals surface area contributed by atoms with Crippen LogP contribution in [0, 0.1) is 20.2 Å². The first-order valence-electron chi connectivity index (χ1n) is 7.35. The average molecular weight is 386 g/mol. The van der Waals surface area contributed by atoms with Crippen LogP contribution in [0.2, 0.25) is 0 Å². The smallest absolute Gasteiger partial charge is 0.356 e. The number of benzene rings is 2. The Hall–Kier alpha value is -3.73. The number of nitro groups is 2. The van der Waals surface area contributed by atoms with Crippen LogP contribution in [-0.2, 0) is 0 Å². The van der Waals surface area contributed by atoms with Crippen LogP contribution >= 0.6 is 11.8 Å². The van der Waals surface area contributed by atoms with E-state index in [1.54, 1.807) is 0 Å². The zero-order valence-corrected chi connectivity index (χ0v) is 14.2. The number of non-ortho nitro benzene ring substituents is 2. The van der Waals surface area contributed by atoms with Crippen LogP contribution < -0.4 is 0 Å². The minimum atomic E-state index is -1.22. The van der Waals surface area contributed by atoms with Crippen molar-refractivity contribution in [3.8, 4) is 5.69 Å². The Morgan fingerprint density at radius 3 is 1.96 bits per heavy atom. The molecule has 3 aromatic rings. The fourth-order valence-electron chi connectivity index (χ4n) is 2.20. The predicted octanol–water partition coefficient (Wildman–Crippen LogP) is 3.54. The van der Waals surface area contributed by atoms with Crippen molar-refractivity contribution >= 4 is 29.1 Å². The Labute approximate surface area is 155 Å². The van der Waals surface area contributed by atoms with Gasteiger partial charge in [0.2, 0.25) is 0 Å². The zero-order valence-electron chi connectivity index (χ0n) is 13.4. The SMILES string of the molecule is O=C(O)c1cn(-c2ccc([N+](=O)[O-])cc2)c(Sc2ccc([N+](=O)[O-])cc2)n1. The molecule has 1 N–H and O–H groups in total. The maximum Gasteiger partial charge on any atom is 0.356 e. The van der Waals surface area contributed by atoms with Gasteiger partial charge in [0.25, 0.3) is 11.4 Å². The number of carbonyl (C=O) groups is 1. The number of carboxylic acids is 1. The van der Waals surface area contributed by atoms with Gasteiger partial charge in [-0.3, -0.25) is 24.8 Å². The van der Waals surface area contributed by atoms with Crippen molar-refractivity contribution in [1.29, 1.82) is 0 Å². The van der Waals surface area contributed by atoms with E-state index in [4.69, 9.17) is 0 Å². The molecule has 1 heterocycles. The van der Waals surface area contributed by atoms with Crippen molar-refractivity contribution in [2.45, 2.75) is 10.1 Å². The van der Waals surface area contributed by atoms with E-state index in [1.807, 2.05) is 0 Å². The quantitative estimate of drug-likeness (QED) is 0.501. The first-order chi connectivity index (χ1) is 12.8. The maximum absolute atomic E-state index is 11.3. The number of nitrogens with zero attached hydrogens (tertiary/aromatic N) is 4. The number of aromatic nitrogens is 2. The molecule has 10 nitrogen and oxygen atoms in total. The Kier molecular flexibility index (Phi) is 4.86. The highest BCUT2D eigenvalue weighted by atomic mass is 32.2. The summed E-state index contributed by atoms with van der Waals surface area (Å²) in [6, 6.07) is 11.3. The summed E-state index contributed by atoms with van der Waals surface area (Å²) in [6.45, 7) is 0. The summed E-state index contributed by atoms with van der Waals surface area (Å²) < 4.78 is 1.49. The molecule has 0 atom stereocenters. The Morgan fingerprint density at radius 1 is 0.963 bits per heavy atom. The van der Waals surface area contributed by atoms with E-state index in [9.17, 15) is 30.1 Å². The molecule has 0 saturated carbocycles. The lowest BCUT2D eigenvalue weighted by Gasteiger charge is -2.07. The second-order valence-electron chi connectivity index (χ2n) is 5.21. The summed E-state index contributed by atoms with van der Waals surface area (Å²) in [5, 5.41) is 31.0. The molecule has 0 aliphatic carbocycles. The molecule has 0 unspecified atom stereocenters. The standard InChI is InChI=1S/C16H10N4O6S/c21-15(22)14-9-18(10-1-3-11(4-2-10)19(23)24)16(17-14)27-13-7-5-12(6-8-13)20(25)26/h1-9H,(H,21,22). The van der Waals surface area contributed by atoms with Gasteiger partial charge in [0.15, 0.2) is 10.9 Å². The fraction of sp³-hybridized carbons (Fsp3) is 0. The average Bonchev–Trinajstić information content (AvgIpc) is 3.06. The van der Waals surface area contributed by atoms with Gasteiger partial charge in [-0.05, 0) is 24.3 Å². The Balaban J connectivity index is 1.97. The molecule has 0 aliphatic heterocycles. The molecule has 136 valence electrons. The maximum atomic E-state index is 11.3. The summed E-state index contributed by atoms with van der Waals surface area (Å²) in [5.41, 5.74) is 0.133. The number of rotatable bonds is 6. The van der Waals surface area contributed by atoms with E-state index in [-0.39, 0.29) is 17.1 Å². The lowest BCUT2D eigenvalue weighted by atomic mass is 10.3. The van der Waals surface area contributed by atoms with Gasteiger partial charge < -0.3 is 5.11 Å². The largest absolute Gasteiger partial charge is 0.476 e. The van der Waals surface area contributed by atoms with Gasteiger partial charge in [-0.15, -0.1) is 0 Å². The van der Waals surface area contributed by atoms with Crippen LogP contribution in [0.1, 0.15) is 10.5 Å². The van der Waals surface area contributed by atoms with Crippen molar-refractivity contribution in [3.63, 3.8) is 0 Å². The first kappa shape index (κ1) is 18.1. The van der Waals surface area contributed by atoms with Crippen LogP contribution in [0.15, 0.2) is 64.8 Å². The summed E-state index contributed by atoms with van der Waals surface area (Å²) in [5.74, 6) is -1.22. The molecule has 0 amide bonds. The van der Waals surface area contributed by atoms with Gasteiger partial charge in [0.1, 0.15) is 0 Å². The van der Waals surface area contributed by atoms with E-state index in [1.165, 1.54) is 59.3 Å². The molecule has 0 saturated heterocycles. The Bertz CT molecular complexity index is 1030. The van der Waals surface area contributed by atoms with E-state index in [0.717, 1.165) is 11.8 Å². The summed E-state index contributed by atoms with van der Waals surface area (Å²) in [4.78, 5) is 36.4. The second kappa shape index (κ2) is 7.25. The van der Waals surface area contributed by atoms with Crippen LogP contribution in [0.3, 0.4) is 0 Å². The summed E-state index contributed by atoms with van der Waals surface area (Å²) in [6.07, 6.45) is 1.30. The third kappa shape index (κ3) is 3.93. The molecule has 0 radical (unpaired) electrons. The lowest BCUT2D eigenvalue weighted by Crippen LogP contribution is -1.96. The van der Waals surface area contributed by atoms with Crippen molar-refractivity contribution < 1.29 is 19.7 Å². The van der Waals surface area contributed by atoms with Crippen molar-refractivity contribution in [2.24, 2.45) is 0 Å². The molecule has 0 spiro atoms. The molecular formula is C16H10N4O6S. The minimum Gasteiger partial charge on any atom is -0.476 e. The first-order valence-corrected chi connectivity index (χ1v) is 8.16. The third-order valence-electron chi connectivity index (χ3n) is 3.49. The highest BCUT2D eigenvalue weighted by molar-refractivity contribution is 7.99. The van der Waals surface area contributed by atoms with Crippen molar-refractivity contribution in [2.75, 3.05) is 0 Å². The van der Waals surface area contributed by atoms with E-state index < -0.39 is 15.8 Å². The molecule has 0 fully saturated rings. The second-order valence-corrected chi connectivity index (χ2v) is 6.25. The number of hydrogen-bond donors (Lipinski definition) is 1. The van der Waals surface area contributed by atoms with Gasteiger partial charge in [0, 0.05) is 41.0 Å². The van der Waals surface area contributed by atoms with Crippen LogP contribution in [0.25, 0.3) is 5.69 Å². The molecular weight excluding hydrogens is 376 g/mol. The number of imidazole rings is 1. The highest BCUT2D eigenvalue weighted by Gasteiger charge is 2.17. The predicted molar refractivity (Wildman–Crippen MR) is 94.4 cm³/mol. The van der Waals surface area contributed by atoms with Gasteiger partial charge in [0.05, 0.1) is 9.85 Å². The third-order valence-corrected chi connectivity index (χ3v) is 4.47. The molecule has 2 aromatic carbocycles. The monoisotopic (exact) mass is 386 g/mol. The van der Waals surface area contributed by atoms with Gasteiger partial charge in [-0.1, -0.05) is 11.8 Å². The lowest BCUT2D eigenvalue weighted by molar-refractivity contribution is -0.385. The number of nitro benzene ring substituents is 2. The van der Waals surface area contributed by atoms with Gasteiger partial charge in [-0.2, -0.15) is 0 Å². The zero-order chi connectivity index (χ0) is 19.6. The molecule has 3 rings (SSSR count). The summed E-state index contributed by atoms with van der Waals surface area (Å²) >= 11 is 1.11. The molecule has 11 heteroatoms. The molecule has 27 heavy (non-hydrogen) atoms. The highest BCUT2D eigenvalue weighted by Crippen LogP contribution is 2.31. The number of hydrogen-bond acceptors (Lipinski definition) is 7. The van der Waals surface area contributed by atoms with Crippen molar-refractivity contribution in [3.05, 3.63) is 80.7 Å². The number of carboxylic acid groups (broad SMARTS) is 1. The van der Waals surface area contributed by atoms with Crippen LogP contribution in [0.4, 0.5) is 11.4 Å². The molecule has 1 aromatic heterocycles. The minimum absolute atomic E-state index is 0.0655. The van der Waals surface area contributed by atoms with Crippen molar-refractivity contribution in [1.82, 2.24) is 9.55 Å². The van der Waals surface area contributed by atoms with E-state index >= 15 is 0 Å². The molecule has 0 aliphatic rings. The molecule has 0 bridgehead atoms. The van der Waals surface area contributed by atoms with E-state index in [0.29, 0.717) is 15.7 Å². The number of aromatic carboxylic acids is 1. The van der Waals surface area contributed by atoms with Crippen LogP contribution in [-0.4, -0.2) is 30.5 Å². The normalized spacial score (nSPS) is 10.5. The van der Waals surface area contributed by atoms with Gasteiger partial charge in [-0.25, -0.2) is 9.78 Å². The van der Waals surface area contributed by atoms with E-state index in [2.05, 4.69) is 4.98 Å². The fourth-order valence-corrected chi connectivity index (χ4v) is 3.08.